The van der Waals surface area contributed by atoms with Crippen LogP contribution in [0.25, 0.3) is 16.8 Å². The molecule has 1 saturated heterocycles. The Kier molecular flexibility index (Phi) is 5.95. The number of anilines is 1. The summed E-state index contributed by atoms with van der Waals surface area (Å²) in [6.07, 6.45) is 4.88. The van der Waals surface area contributed by atoms with E-state index in [4.69, 9.17) is 16.0 Å². The van der Waals surface area contributed by atoms with Crippen LogP contribution in [-0.4, -0.2) is 49.9 Å². The Morgan fingerprint density at radius 1 is 1.26 bits per heavy atom. The summed E-state index contributed by atoms with van der Waals surface area (Å²) in [5.74, 6) is -0.347. The summed E-state index contributed by atoms with van der Waals surface area (Å²) in [5.41, 5.74) is 2.38. The van der Waals surface area contributed by atoms with Gasteiger partial charge < -0.3 is 14.6 Å². The first-order valence-electron chi connectivity index (χ1n) is 11.2. The van der Waals surface area contributed by atoms with Gasteiger partial charge in [-0.15, -0.1) is 0 Å². The fraction of sp³-hybridized carbons (Fsp3) is 0.333. The number of nitrogens with one attached hydrogen (secondary N) is 1. The van der Waals surface area contributed by atoms with Crippen LogP contribution in [-0.2, 0) is 0 Å². The number of hydrogen-bond acceptors (Lipinski definition) is 6. The Labute approximate surface area is 200 Å². The molecule has 0 saturated carbocycles. The van der Waals surface area contributed by atoms with Crippen LogP contribution in [0.15, 0.2) is 47.1 Å². The lowest BCUT2D eigenvalue weighted by Crippen LogP contribution is -2.51. The maximum absolute atomic E-state index is 14.4. The molecule has 0 unspecified atom stereocenters. The molecule has 0 spiro atoms. The van der Waals surface area contributed by atoms with Gasteiger partial charge in [-0.25, -0.2) is 4.39 Å². The Morgan fingerprint density at radius 3 is 2.85 bits per heavy atom. The van der Waals surface area contributed by atoms with Crippen LogP contribution in [0, 0.1) is 18.7 Å². The quantitative estimate of drug-likeness (QED) is 0.437. The van der Waals surface area contributed by atoms with Crippen molar-refractivity contribution in [1.29, 1.82) is 0 Å². The van der Waals surface area contributed by atoms with E-state index in [1.54, 1.807) is 31.2 Å². The maximum atomic E-state index is 14.4. The van der Waals surface area contributed by atoms with Gasteiger partial charge >= 0.3 is 0 Å². The normalized spacial score (nSPS) is 18.4. The third kappa shape index (κ3) is 4.23. The second-order valence-corrected chi connectivity index (χ2v) is 9.07. The van der Waals surface area contributed by atoms with Crippen LogP contribution in [0.4, 0.5) is 10.4 Å². The van der Waals surface area contributed by atoms with E-state index in [2.05, 4.69) is 27.4 Å². The number of fused-ring (bicyclic) bond motifs is 1. The topological polar surface area (TPSA) is 89.1 Å². The summed E-state index contributed by atoms with van der Waals surface area (Å²) in [7, 11) is 0. The number of piperidine rings is 1. The second-order valence-electron chi connectivity index (χ2n) is 8.63. The summed E-state index contributed by atoms with van der Waals surface area (Å²) in [4.78, 5) is 21.4. The van der Waals surface area contributed by atoms with Crippen LogP contribution in [0.5, 0.6) is 0 Å². The van der Waals surface area contributed by atoms with Gasteiger partial charge in [0.05, 0.1) is 24.0 Å². The highest BCUT2D eigenvalue weighted by atomic mass is 35.5. The zero-order chi connectivity index (χ0) is 23.8. The van der Waals surface area contributed by atoms with Gasteiger partial charge in [0.15, 0.2) is 5.58 Å². The molecule has 176 valence electrons. The zero-order valence-electron chi connectivity index (χ0n) is 18.8. The molecule has 2 aromatic carbocycles. The first kappa shape index (κ1) is 22.3. The van der Waals surface area contributed by atoms with Crippen molar-refractivity contribution in [2.24, 2.45) is 5.92 Å². The minimum absolute atomic E-state index is 0.108. The molecule has 1 aliphatic heterocycles. The van der Waals surface area contributed by atoms with Gasteiger partial charge in [-0.1, -0.05) is 18.5 Å². The minimum Gasteiger partial charge on any atom is -0.424 e. The Hall–Kier alpha value is -3.46. The van der Waals surface area contributed by atoms with E-state index < -0.39 is 5.82 Å². The average Bonchev–Trinajstić information content (AvgIpc) is 3.49. The SMILES string of the molecule is Cc1cc(C(=O)N2CCC[C@@H](C)[C@H]2CNc2nc3ccc(Cl)cc3o2)c(-n2nccn2)cc1F. The zero-order valence-corrected chi connectivity index (χ0v) is 19.6. The predicted molar refractivity (Wildman–Crippen MR) is 127 cm³/mol. The molecule has 1 aliphatic rings. The number of aryl methyl sites for hydroxylation is 1. The first-order valence-corrected chi connectivity index (χ1v) is 11.6. The minimum atomic E-state index is -0.412. The summed E-state index contributed by atoms with van der Waals surface area (Å²) in [6, 6.07) is 8.43. The van der Waals surface area contributed by atoms with Gasteiger partial charge in [0, 0.05) is 30.2 Å². The molecule has 1 fully saturated rings. The van der Waals surface area contributed by atoms with Gasteiger partial charge in [-0.2, -0.15) is 20.0 Å². The number of benzene rings is 2. The molecule has 1 N–H and O–H groups in total. The van der Waals surface area contributed by atoms with Crippen molar-refractivity contribution < 1.29 is 13.6 Å². The Balaban J connectivity index is 1.42. The third-order valence-electron chi connectivity index (χ3n) is 6.33. The van der Waals surface area contributed by atoms with Crippen molar-refractivity contribution in [2.75, 3.05) is 18.4 Å². The van der Waals surface area contributed by atoms with E-state index in [0.29, 0.717) is 52.0 Å². The van der Waals surface area contributed by atoms with Crippen molar-refractivity contribution >= 4 is 34.6 Å². The number of carbonyl (C=O) groups is 1. The summed E-state index contributed by atoms with van der Waals surface area (Å²) < 4.78 is 20.2. The van der Waals surface area contributed by atoms with E-state index in [1.807, 2.05) is 4.90 Å². The molecule has 0 aliphatic carbocycles. The second kappa shape index (κ2) is 9.06. The molecule has 2 aromatic heterocycles. The lowest BCUT2D eigenvalue weighted by atomic mass is 9.90. The number of amides is 1. The Morgan fingerprint density at radius 2 is 2.06 bits per heavy atom. The molecular formula is C24H24ClFN6O2. The molecule has 4 aromatic rings. The van der Waals surface area contributed by atoms with E-state index in [0.717, 1.165) is 12.8 Å². The molecule has 2 atom stereocenters. The number of oxazole rings is 1. The van der Waals surface area contributed by atoms with Crippen molar-refractivity contribution in [3.8, 4) is 5.69 Å². The van der Waals surface area contributed by atoms with Gasteiger partial charge in [0.2, 0.25) is 0 Å². The number of nitrogens with zero attached hydrogens (tertiary/aromatic N) is 5. The Bertz CT molecular complexity index is 1340. The molecular weight excluding hydrogens is 459 g/mol. The fourth-order valence-electron chi connectivity index (χ4n) is 4.48. The molecule has 1 amide bonds. The lowest BCUT2D eigenvalue weighted by molar-refractivity contribution is 0.0538. The molecule has 3 heterocycles. The molecule has 8 nitrogen and oxygen atoms in total. The van der Waals surface area contributed by atoms with E-state index >= 15 is 0 Å². The number of hydrogen-bond donors (Lipinski definition) is 1. The van der Waals surface area contributed by atoms with Crippen LogP contribution in [0.1, 0.15) is 35.7 Å². The smallest absolute Gasteiger partial charge is 0.295 e. The summed E-state index contributed by atoms with van der Waals surface area (Å²) in [6.45, 7) is 4.83. The van der Waals surface area contributed by atoms with E-state index in [9.17, 15) is 9.18 Å². The van der Waals surface area contributed by atoms with Crippen LogP contribution < -0.4 is 5.32 Å². The summed E-state index contributed by atoms with van der Waals surface area (Å²) >= 11 is 6.04. The lowest BCUT2D eigenvalue weighted by Gasteiger charge is -2.40. The molecule has 10 heteroatoms. The highest BCUT2D eigenvalue weighted by Gasteiger charge is 2.34. The molecule has 0 radical (unpaired) electrons. The molecule has 34 heavy (non-hydrogen) atoms. The van der Waals surface area contributed by atoms with Crippen molar-refractivity contribution in [2.45, 2.75) is 32.7 Å². The van der Waals surface area contributed by atoms with Gasteiger partial charge in [0.25, 0.3) is 11.9 Å². The highest BCUT2D eigenvalue weighted by Crippen LogP contribution is 2.29. The summed E-state index contributed by atoms with van der Waals surface area (Å²) in [5, 5.41) is 12.0. The van der Waals surface area contributed by atoms with Crippen LogP contribution >= 0.6 is 11.6 Å². The highest BCUT2D eigenvalue weighted by molar-refractivity contribution is 6.31. The van der Waals surface area contributed by atoms with Crippen LogP contribution in [0.2, 0.25) is 5.02 Å². The monoisotopic (exact) mass is 482 g/mol. The van der Waals surface area contributed by atoms with Gasteiger partial charge in [-0.3, -0.25) is 4.79 Å². The van der Waals surface area contributed by atoms with Crippen molar-refractivity contribution in [1.82, 2.24) is 24.9 Å². The number of aromatic nitrogens is 4. The van der Waals surface area contributed by atoms with E-state index in [1.165, 1.54) is 23.3 Å². The van der Waals surface area contributed by atoms with E-state index in [-0.39, 0.29) is 17.9 Å². The number of rotatable bonds is 5. The number of halogens is 2. The fourth-order valence-corrected chi connectivity index (χ4v) is 4.64. The third-order valence-corrected chi connectivity index (χ3v) is 6.57. The predicted octanol–water partition coefficient (Wildman–Crippen LogP) is 4.86. The van der Waals surface area contributed by atoms with Crippen LogP contribution in [0.3, 0.4) is 0 Å². The number of carbonyl (C=O) groups excluding carboxylic acids is 1. The molecule has 5 rings (SSSR count). The molecule has 0 bridgehead atoms. The van der Waals surface area contributed by atoms with Crippen molar-refractivity contribution in [3.05, 3.63) is 64.7 Å². The standard InChI is InChI=1S/C24H24ClFN6O2/c1-14-4-3-9-31(21(14)13-27-24-30-19-6-5-16(25)11-22(19)34-24)23(33)17-10-15(2)18(26)12-20(17)32-28-7-8-29-32/h5-8,10-12,14,21H,3-4,9,13H2,1-2H3,(H,27,30)/t14-,21-/m1/s1. The average molecular weight is 483 g/mol. The van der Waals surface area contributed by atoms with Gasteiger partial charge in [-0.05, 0) is 49.4 Å². The van der Waals surface area contributed by atoms with Gasteiger partial charge in [0.1, 0.15) is 17.0 Å². The number of likely N-dealkylation sites (tertiary alicyclic amines) is 1. The largest absolute Gasteiger partial charge is 0.424 e. The van der Waals surface area contributed by atoms with Crippen molar-refractivity contribution in [3.63, 3.8) is 0 Å². The maximum Gasteiger partial charge on any atom is 0.295 e. The first-order chi connectivity index (χ1) is 16.4.